The Kier molecular flexibility index (Phi) is 4.53. The van der Waals surface area contributed by atoms with Gasteiger partial charge in [-0.25, -0.2) is 9.97 Å². The van der Waals surface area contributed by atoms with Gasteiger partial charge in [-0.15, -0.1) is 0 Å². The Morgan fingerprint density at radius 2 is 2.20 bits per heavy atom. The van der Waals surface area contributed by atoms with Gasteiger partial charge in [0.25, 0.3) is 0 Å². The molecule has 1 N–H and O–H groups in total. The van der Waals surface area contributed by atoms with Crippen LogP contribution in [0.25, 0.3) is 0 Å². The first-order valence-electron chi connectivity index (χ1n) is 6.05. The van der Waals surface area contributed by atoms with E-state index in [1.807, 2.05) is 6.92 Å². The third-order valence-corrected chi connectivity index (χ3v) is 3.08. The molecule has 0 radical (unpaired) electrons. The van der Waals surface area contributed by atoms with Gasteiger partial charge in [-0.05, 0) is 28.1 Å². The lowest BCUT2D eigenvalue weighted by Gasteiger charge is -2.12. The average Bonchev–Trinajstić information content (AvgIpc) is 2.46. The van der Waals surface area contributed by atoms with E-state index < -0.39 is 0 Å². The standard InChI is InChI=1S/C14H13BrN4O/c1-3-12-17-11(15)7-13(18-12)19-14-9(8-16)5-4-6-10(14)20-2/h4-7H,3H2,1-2H3,(H,17,18,19). The molecular formula is C14H13BrN4O. The maximum Gasteiger partial charge on any atom is 0.143 e. The summed E-state index contributed by atoms with van der Waals surface area (Å²) in [7, 11) is 1.56. The van der Waals surface area contributed by atoms with Crippen molar-refractivity contribution in [3.05, 3.63) is 40.3 Å². The van der Waals surface area contributed by atoms with Crippen molar-refractivity contribution in [2.24, 2.45) is 0 Å². The number of nitriles is 1. The van der Waals surface area contributed by atoms with Crippen molar-refractivity contribution in [1.29, 1.82) is 5.26 Å². The summed E-state index contributed by atoms with van der Waals surface area (Å²) in [6.45, 7) is 1.98. The van der Waals surface area contributed by atoms with Crippen LogP contribution in [0, 0.1) is 11.3 Å². The molecule has 0 aliphatic carbocycles. The molecule has 0 spiro atoms. The second-order valence-electron chi connectivity index (χ2n) is 3.97. The van der Waals surface area contributed by atoms with Crippen molar-refractivity contribution in [1.82, 2.24) is 9.97 Å². The van der Waals surface area contributed by atoms with Crippen molar-refractivity contribution in [2.45, 2.75) is 13.3 Å². The van der Waals surface area contributed by atoms with E-state index in [4.69, 9.17) is 4.74 Å². The summed E-state index contributed by atoms with van der Waals surface area (Å²) < 4.78 is 5.97. The van der Waals surface area contributed by atoms with Gasteiger partial charge in [-0.1, -0.05) is 13.0 Å². The lowest BCUT2D eigenvalue weighted by molar-refractivity contribution is 0.416. The Labute approximate surface area is 125 Å². The fraction of sp³-hybridized carbons (Fsp3) is 0.214. The van der Waals surface area contributed by atoms with Crippen LogP contribution in [0.15, 0.2) is 28.9 Å². The van der Waals surface area contributed by atoms with Gasteiger partial charge in [0.1, 0.15) is 33.8 Å². The monoisotopic (exact) mass is 332 g/mol. The lowest BCUT2D eigenvalue weighted by atomic mass is 10.2. The number of aryl methyl sites for hydroxylation is 1. The predicted octanol–water partition coefficient (Wildman–Crippen LogP) is 3.43. The van der Waals surface area contributed by atoms with Gasteiger partial charge in [-0.3, -0.25) is 0 Å². The predicted molar refractivity (Wildman–Crippen MR) is 80.1 cm³/mol. The first-order valence-corrected chi connectivity index (χ1v) is 6.84. The smallest absolute Gasteiger partial charge is 0.143 e. The molecule has 2 aromatic rings. The molecule has 0 fully saturated rings. The molecule has 0 aliphatic rings. The Morgan fingerprint density at radius 1 is 1.40 bits per heavy atom. The minimum atomic E-state index is 0.497. The quantitative estimate of drug-likeness (QED) is 0.868. The molecule has 20 heavy (non-hydrogen) atoms. The zero-order valence-corrected chi connectivity index (χ0v) is 12.7. The molecule has 0 aliphatic heterocycles. The summed E-state index contributed by atoms with van der Waals surface area (Å²) in [5.74, 6) is 1.93. The van der Waals surface area contributed by atoms with Crippen LogP contribution < -0.4 is 10.1 Å². The number of hydrogen-bond donors (Lipinski definition) is 1. The number of rotatable bonds is 4. The van der Waals surface area contributed by atoms with E-state index in [0.29, 0.717) is 27.4 Å². The maximum atomic E-state index is 9.18. The zero-order valence-electron chi connectivity index (χ0n) is 11.1. The van der Waals surface area contributed by atoms with E-state index in [0.717, 1.165) is 12.2 Å². The first kappa shape index (κ1) is 14.3. The molecule has 0 atom stereocenters. The van der Waals surface area contributed by atoms with Gasteiger partial charge in [0, 0.05) is 12.5 Å². The number of methoxy groups -OCH3 is 1. The normalized spacial score (nSPS) is 9.90. The van der Waals surface area contributed by atoms with Gasteiger partial charge in [0.2, 0.25) is 0 Å². The van der Waals surface area contributed by atoms with Crippen molar-refractivity contribution >= 4 is 27.4 Å². The third-order valence-electron chi connectivity index (χ3n) is 2.68. The Balaban J connectivity index is 2.44. The lowest BCUT2D eigenvalue weighted by Crippen LogP contribution is -2.02. The molecule has 1 heterocycles. The number of aromatic nitrogens is 2. The van der Waals surface area contributed by atoms with Gasteiger partial charge >= 0.3 is 0 Å². The molecule has 0 saturated heterocycles. The van der Waals surface area contributed by atoms with E-state index >= 15 is 0 Å². The van der Waals surface area contributed by atoms with E-state index in [9.17, 15) is 5.26 Å². The fourth-order valence-corrected chi connectivity index (χ4v) is 2.16. The summed E-state index contributed by atoms with van der Waals surface area (Å²) in [6.07, 6.45) is 0.727. The fourth-order valence-electron chi connectivity index (χ4n) is 1.74. The second-order valence-corrected chi connectivity index (χ2v) is 4.78. The minimum Gasteiger partial charge on any atom is -0.495 e. The van der Waals surface area contributed by atoms with E-state index in [-0.39, 0.29) is 0 Å². The number of para-hydroxylation sites is 1. The minimum absolute atomic E-state index is 0.497. The molecule has 1 aromatic carbocycles. The van der Waals surface area contributed by atoms with Crippen LogP contribution in [-0.2, 0) is 6.42 Å². The average molecular weight is 333 g/mol. The molecule has 5 nitrogen and oxygen atoms in total. The molecule has 2 rings (SSSR count). The Bertz CT molecular complexity index is 667. The third kappa shape index (κ3) is 3.06. The van der Waals surface area contributed by atoms with Crippen LogP contribution in [0.4, 0.5) is 11.5 Å². The number of anilines is 2. The highest BCUT2D eigenvalue weighted by Crippen LogP contribution is 2.30. The maximum absolute atomic E-state index is 9.18. The van der Waals surface area contributed by atoms with E-state index in [1.54, 1.807) is 31.4 Å². The number of halogens is 1. The molecular weight excluding hydrogens is 320 g/mol. The zero-order chi connectivity index (χ0) is 14.5. The highest BCUT2D eigenvalue weighted by Gasteiger charge is 2.11. The second kappa shape index (κ2) is 6.35. The number of nitrogens with zero attached hydrogens (tertiary/aromatic N) is 3. The van der Waals surface area contributed by atoms with E-state index in [1.165, 1.54) is 0 Å². The summed E-state index contributed by atoms with van der Waals surface area (Å²) >= 11 is 3.35. The van der Waals surface area contributed by atoms with Crippen molar-refractivity contribution < 1.29 is 4.74 Å². The number of ether oxygens (including phenoxy) is 1. The molecule has 0 saturated carbocycles. The molecule has 6 heteroatoms. The van der Waals surface area contributed by atoms with Crippen molar-refractivity contribution in [2.75, 3.05) is 12.4 Å². The van der Waals surface area contributed by atoms with Gasteiger partial charge in [-0.2, -0.15) is 5.26 Å². The van der Waals surface area contributed by atoms with Crippen LogP contribution >= 0.6 is 15.9 Å². The number of nitrogens with one attached hydrogen (secondary N) is 1. The van der Waals surface area contributed by atoms with Gasteiger partial charge in [0.15, 0.2) is 0 Å². The van der Waals surface area contributed by atoms with Gasteiger partial charge < -0.3 is 10.1 Å². The van der Waals surface area contributed by atoms with E-state index in [2.05, 4.69) is 37.3 Å². The SMILES string of the molecule is CCc1nc(Br)cc(Nc2c(C#N)cccc2OC)n1. The molecule has 102 valence electrons. The summed E-state index contributed by atoms with van der Waals surface area (Å²) in [6, 6.07) is 9.18. The molecule has 1 aromatic heterocycles. The topological polar surface area (TPSA) is 70.8 Å². The summed E-state index contributed by atoms with van der Waals surface area (Å²) in [4.78, 5) is 8.63. The largest absolute Gasteiger partial charge is 0.495 e. The van der Waals surface area contributed by atoms with Gasteiger partial charge in [0.05, 0.1) is 12.7 Å². The number of benzene rings is 1. The molecule has 0 bridgehead atoms. The first-order chi connectivity index (χ1) is 9.67. The van der Waals surface area contributed by atoms with Crippen LogP contribution in [-0.4, -0.2) is 17.1 Å². The van der Waals surface area contributed by atoms with Crippen molar-refractivity contribution in [3.8, 4) is 11.8 Å². The Morgan fingerprint density at radius 3 is 2.85 bits per heavy atom. The summed E-state index contributed by atoms with van der Waals surface area (Å²) in [5, 5.41) is 12.3. The highest BCUT2D eigenvalue weighted by atomic mass is 79.9. The number of hydrogen-bond acceptors (Lipinski definition) is 5. The van der Waals surface area contributed by atoms with Crippen LogP contribution in [0.2, 0.25) is 0 Å². The molecule has 0 amide bonds. The molecule has 0 unspecified atom stereocenters. The highest BCUT2D eigenvalue weighted by molar-refractivity contribution is 9.10. The van der Waals surface area contributed by atoms with Crippen LogP contribution in [0.1, 0.15) is 18.3 Å². The van der Waals surface area contributed by atoms with Crippen molar-refractivity contribution in [3.63, 3.8) is 0 Å². The summed E-state index contributed by atoms with van der Waals surface area (Å²) in [5.41, 5.74) is 1.10. The van der Waals surface area contributed by atoms with Crippen LogP contribution in [0.5, 0.6) is 5.75 Å². The Hall–Kier alpha value is -2.13. The van der Waals surface area contributed by atoms with Crippen LogP contribution in [0.3, 0.4) is 0 Å².